The highest BCUT2D eigenvalue weighted by Crippen LogP contribution is 2.13. The summed E-state index contributed by atoms with van der Waals surface area (Å²) >= 11 is 0. The summed E-state index contributed by atoms with van der Waals surface area (Å²) in [5.74, 6) is -1.38. The first-order valence-electron chi connectivity index (χ1n) is 5.61. The van der Waals surface area contributed by atoms with Gasteiger partial charge in [0.25, 0.3) is 0 Å². The second-order valence-corrected chi connectivity index (χ2v) is 4.29. The maximum Gasteiger partial charge on any atom is 0.240 e. The SMILES string of the molecule is C[C@H](C#N)C[C@H](NC(=O)[C@H]1CCOC1)C(N)=O. The van der Waals surface area contributed by atoms with Gasteiger partial charge in [0.2, 0.25) is 11.8 Å². The molecule has 1 heterocycles. The van der Waals surface area contributed by atoms with Crippen molar-refractivity contribution in [3.63, 3.8) is 0 Å². The van der Waals surface area contributed by atoms with Crippen LogP contribution in [0.2, 0.25) is 0 Å². The molecule has 1 fully saturated rings. The van der Waals surface area contributed by atoms with E-state index in [9.17, 15) is 9.59 Å². The van der Waals surface area contributed by atoms with Gasteiger partial charge < -0.3 is 15.8 Å². The summed E-state index contributed by atoms with van der Waals surface area (Å²) in [6.07, 6.45) is 0.899. The molecule has 6 heteroatoms. The zero-order valence-corrected chi connectivity index (χ0v) is 9.81. The lowest BCUT2D eigenvalue weighted by molar-refractivity contribution is -0.130. The lowest BCUT2D eigenvalue weighted by atomic mass is 10.0. The summed E-state index contributed by atoms with van der Waals surface area (Å²) in [4.78, 5) is 22.9. The van der Waals surface area contributed by atoms with Crippen molar-refractivity contribution in [1.29, 1.82) is 5.26 Å². The smallest absolute Gasteiger partial charge is 0.240 e. The number of amides is 2. The van der Waals surface area contributed by atoms with E-state index in [1.807, 2.05) is 6.07 Å². The number of carbonyl (C=O) groups is 2. The Morgan fingerprint density at radius 1 is 1.65 bits per heavy atom. The minimum absolute atomic E-state index is 0.214. The Morgan fingerprint density at radius 2 is 2.35 bits per heavy atom. The van der Waals surface area contributed by atoms with E-state index in [1.165, 1.54) is 0 Å². The monoisotopic (exact) mass is 239 g/mol. The molecule has 17 heavy (non-hydrogen) atoms. The molecular formula is C11H17N3O3. The first kappa shape index (κ1) is 13.5. The van der Waals surface area contributed by atoms with Crippen LogP contribution in [0.3, 0.4) is 0 Å². The van der Waals surface area contributed by atoms with Crippen LogP contribution in [0.15, 0.2) is 0 Å². The number of rotatable bonds is 5. The van der Waals surface area contributed by atoms with Gasteiger partial charge in [0, 0.05) is 12.5 Å². The van der Waals surface area contributed by atoms with E-state index in [0.29, 0.717) is 19.6 Å². The molecule has 0 spiro atoms. The van der Waals surface area contributed by atoms with Crippen LogP contribution in [0, 0.1) is 23.2 Å². The van der Waals surface area contributed by atoms with E-state index in [-0.39, 0.29) is 24.2 Å². The van der Waals surface area contributed by atoms with E-state index in [1.54, 1.807) is 6.92 Å². The van der Waals surface area contributed by atoms with Crippen molar-refractivity contribution in [2.45, 2.75) is 25.8 Å². The van der Waals surface area contributed by atoms with Gasteiger partial charge in [-0.2, -0.15) is 5.26 Å². The molecule has 0 saturated carbocycles. The van der Waals surface area contributed by atoms with Crippen LogP contribution in [-0.4, -0.2) is 31.1 Å². The van der Waals surface area contributed by atoms with E-state index >= 15 is 0 Å². The molecule has 6 nitrogen and oxygen atoms in total. The average Bonchev–Trinajstić information content (AvgIpc) is 2.81. The molecule has 0 bridgehead atoms. The fourth-order valence-corrected chi connectivity index (χ4v) is 1.68. The Hall–Kier alpha value is -1.61. The molecule has 1 aliphatic heterocycles. The standard InChI is InChI=1S/C11H17N3O3/c1-7(5-12)4-9(10(13)15)14-11(16)8-2-3-17-6-8/h7-9H,2-4,6H2,1H3,(H2,13,15)(H,14,16)/t7-,8-,9-/m0/s1. The minimum Gasteiger partial charge on any atom is -0.381 e. The molecular weight excluding hydrogens is 222 g/mol. The molecule has 0 aliphatic carbocycles. The molecule has 0 aromatic carbocycles. The van der Waals surface area contributed by atoms with Gasteiger partial charge in [0.05, 0.1) is 18.6 Å². The highest BCUT2D eigenvalue weighted by Gasteiger charge is 2.27. The summed E-state index contributed by atoms with van der Waals surface area (Å²) < 4.78 is 5.09. The Morgan fingerprint density at radius 3 is 2.82 bits per heavy atom. The normalized spacial score (nSPS) is 22.5. The zero-order chi connectivity index (χ0) is 12.8. The largest absolute Gasteiger partial charge is 0.381 e. The van der Waals surface area contributed by atoms with Crippen LogP contribution < -0.4 is 11.1 Å². The Bertz CT molecular complexity index is 331. The summed E-state index contributed by atoms with van der Waals surface area (Å²) in [5, 5.41) is 11.3. The maximum atomic E-state index is 11.7. The third-order valence-corrected chi connectivity index (χ3v) is 2.77. The number of nitrogens with one attached hydrogen (secondary N) is 1. The van der Waals surface area contributed by atoms with Crippen molar-refractivity contribution >= 4 is 11.8 Å². The molecule has 1 rings (SSSR count). The van der Waals surface area contributed by atoms with Crippen molar-refractivity contribution in [3.05, 3.63) is 0 Å². The van der Waals surface area contributed by atoms with Gasteiger partial charge in [-0.25, -0.2) is 0 Å². The van der Waals surface area contributed by atoms with Crippen LogP contribution in [0.5, 0.6) is 0 Å². The van der Waals surface area contributed by atoms with Crippen LogP contribution in [0.1, 0.15) is 19.8 Å². The molecule has 1 aliphatic rings. The lowest BCUT2D eigenvalue weighted by Gasteiger charge is -2.18. The first-order chi connectivity index (χ1) is 8.04. The van der Waals surface area contributed by atoms with Gasteiger partial charge >= 0.3 is 0 Å². The van der Waals surface area contributed by atoms with E-state index < -0.39 is 11.9 Å². The predicted molar refractivity (Wildman–Crippen MR) is 59.4 cm³/mol. The van der Waals surface area contributed by atoms with Crippen LogP contribution in [-0.2, 0) is 14.3 Å². The van der Waals surface area contributed by atoms with Gasteiger partial charge in [0.1, 0.15) is 6.04 Å². The van der Waals surface area contributed by atoms with Crippen LogP contribution in [0.25, 0.3) is 0 Å². The summed E-state index contributed by atoms with van der Waals surface area (Å²) in [5.41, 5.74) is 5.19. The topological polar surface area (TPSA) is 105 Å². The molecule has 2 amide bonds. The first-order valence-corrected chi connectivity index (χ1v) is 5.61. The second-order valence-electron chi connectivity index (χ2n) is 4.29. The molecule has 0 aromatic rings. The predicted octanol–water partition coefficient (Wildman–Crippen LogP) is -0.457. The fourth-order valence-electron chi connectivity index (χ4n) is 1.68. The van der Waals surface area contributed by atoms with E-state index in [0.717, 1.165) is 0 Å². The number of hydrogen-bond acceptors (Lipinski definition) is 4. The Balaban J connectivity index is 2.51. The Labute approximate surface area is 100 Å². The number of nitrogens with two attached hydrogens (primary N) is 1. The quantitative estimate of drug-likeness (QED) is 0.677. The lowest BCUT2D eigenvalue weighted by Crippen LogP contribution is -2.47. The zero-order valence-electron chi connectivity index (χ0n) is 9.81. The fraction of sp³-hybridized carbons (Fsp3) is 0.727. The number of primary amides is 1. The second kappa shape index (κ2) is 6.21. The molecule has 94 valence electrons. The molecule has 1 saturated heterocycles. The van der Waals surface area contributed by atoms with E-state index in [4.69, 9.17) is 15.7 Å². The third kappa shape index (κ3) is 4.04. The minimum atomic E-state index is -0.780. The van der Waals surface area contributed by atoms with Crippen molar-refractivity contribution in [3.8, 4) is 6.07 Å². The van der Waals surface area contributed by atoms with Gasteiger partial charge in [-0.3, -0.25) is 9.59 Å². The van der Waals surface area contributed by atoms with Crippen molar-refractivity contribution in [2.24, 2.45) is 17.6 Å². The number of ether oxygens (including phenoxy) is 1. The highest BCUT2D eigenvalue weighted by molar-refractivity contribution is 5.87. The van der Waals surface area contributed by atoms with Gasteiger partial charge in [-0.1, -0.05) is 0 Å². The van der Waals surface area contributed by atoms with Crippen LogP contribution in [0.4, 0.5) is 0 Å². The number of nitrogens with zero attached hydrogens (tertiary/aromatic N) is 1. The molecule has 0 radical (unpaired) electrons. The summed E-state index contributed by atoms with van der Waals surface area (Å²) in [6.45, 7) is 2.62. The number of hydrogen-bond donors (Lipinski definition) is 2. The van der Waals surface area contributed by atoms with Crippen molar-refractivity contribution in [2.75, 3.05) is 13.2 Å². The third-order valence-electron chi connectivity index (χ3n) is 2.77. The molecule has 3 atom stereocenters. The van der Waals surface area contributed by atoms with E-state index in [2.05, 4.69) is 5.32 Å². The number of carbonyl (C=O) groups excluding carboxylic acids is 2. The summed E-state index contributed by atoms with van der Waals surface area (Å²) in [7, 11) is 0. The Kier molecular flexibility index (Phi) is 4.91. The number of nitriles is 1. The summed E-state index contributed by atoms with van der Waals surface area (Å²) in [6, 6.07) is 1.23. The van der Waals surface area contributed by atoms with Gasteiger partial charge in [0.15, 0.2) is 0 Å². The molecule has 0 unspecified atom stereocenters. The average molecular weight is 239 g/mol. The maximum absolute atomic E-state index is 11.7. The van der Waals surface area contributed by atoms with Gasteiger partial charge in [-0.05, 0) is 19.8 Å². The molecule has 3 N–H and O–H groups in total. The van der Waals surface area contributed by atoms with Crippen molar-refractivity contribution < 1.29 is 14.3 Å². The van der Waals surface area contributed by atoms with Crippen LogP contribution >= 0.6 is 0 Å². The molecule has 0 aromatic heterocycles. The van der Waals surface area contributed by atoms with Crippen molar-refractivity contribution in [1.82, 2.24) is 5.32 Å². The van der Waals surface area contributed by atoms with Gasteiger partial charge in [-0.15, -0.1) is 0 Å². The highest BCUT2D eigenvalue weighted by atomic mass is 16.5.